The number of para-hydroxylation sites is 1. The number of aliphatic hydroxyl groups excluding tert-OH is 1. The summed E-state index contributed by atoms with van der Waals surface area (Å²) in [4.78, 5) is 1.55. The van der Waals surface area contributed by atoms with Crippen molar-refractivity contribution in [2.75, 3.05) is 31.1 Å². The molecule has 2 N–H and O–H groups in total. The Morgan fingerprint density at radius 1 is 1.30 bits per heavy atom. The molecule has 0 saturated heterocycles. The molecule has 3 nitrogen and oxygen atoms in total. The number of halogens is 2. The summed E-state index contributed by atoms with van der Waals surface area (Å²) in [6.45, 7) is 4.69. The van der Waals surface area contributed by atoms with E-state index in [-0.39, 0.29) is 25.7 Å². The molecule has 0 aliphatic heterocycles. The molecule has 0 aliphatic rings. The third kappa shape index (κ3) is 5.06. The van der Waals surface area contributed by atoms with Gasteiger partial charge in [-0.15, -0.1) is 0 Å². The van der Waals surface area contributed by atoms with Crippen LogP contribution in [0.25, 0.3) is 0 Å². The van der Waals surface area contributed by atoms with Crippen molar-refractivity contribution in [2.45, 2.75) is 32.7 Å². The highest BCUT2D eigenvalue weighted by Crippen LogP contribution is 2.26. The van der Waals surface area contributed by atoms with Crippen LogP contribution in [-0.2, 0) is 0 Å². The van der Waals surface area contributed by atoms with Crippen molar-refractivity contribution < 1.29 is 13.9 Å². The van der Waals surface area contributed by atoms with Crippen LogP contribution in [0, 0.1) is 0 Å². The second kappa shape index (κ2) is 8.87. The molecule has 0 spiro atoms. The van der Waals surface area contributed by atoms with Gasteiger partial charge in [0.25, 0.3) is 6.43 Å². The van der Waals surface area contributed by atoms with Crippen LogP contribution < -0.4 is 10.2 Å². The molecule has 114 valence electrons. The quantitative estimate of drug-likeness (QED) is 0.733. The van der Waals surface area contributed by atoms with Crippen LogP contribution in [0.3, 0.4) is 0 Å². The summed E-state index contributed by atoms with van der Waals surface area (Å²) >= 11 is 0. The minimum atomic E-state index is -2.42. The van der Waals surface area contributed by atoms with E-state index in [1.165, 1.54) is 0 Å². The van der Waals surface area contributed by atoms with Gasteiger partial charge < -0.3 is 15.3 Å². The Labute approximate surface area is 119 Å². The molecule has 20 heavy (non-hydrogen) atoms. The molecule has 0 heterocycles. The molecule has 0 saturated carbocycles. The van der Waals surface area contributed by atoms with Crippen LogP contribution in [0.4, 0.5) is 14.5 Å². The molecule has 1 aromatic rings. The van der Waals surface area contributed by atoms with Gasteiger partial charge in [-0.1, -0.05) is 25.1 Å². The first kappa shape index (κ1) is 16.9. The van der Waals surface area contributed by atoms with Crippen LogP contribution in [0.2, 0.25) is 0 Å². The van der Waals surface area contributed by atoms with Gasteiger partial charge in [-0.25, -0.2) is 8.78 Å². The van der Waals surface area contributed by atoms with Gasteiger partial charge in [0.05, 0.1) is 13.2 Å². The Morgan fingerprint density at radius 3 is 2.60 bits per heavy atom. The van der Waals surface area contributed by atoms with Crippen molar-refractivity contribution >= 4 is 5.69 Å². The van der Waals surface area contributed by atoms with E-state index < -0.39 is 6.43 Å². The van der Waals surface area contributed by atoms with Crippen molar-refractivity contribution in [1.29, 1.82) is 0 Å². The molecule has 0 bridgehead atoms. The molecule has 0 aliphatic carbocycles. The number of benzene rings is 1. The molecule has 1 aromatic carbocycles. The van der Waals surface area contributed by atoms with Gasteiger partial charge in [0.15, 0.2) is 0 Å². The molecule has 1 unspecified atom stereocenters. The second-order valence-electron chi connectivity index (χ2n) is 4.80. The lowest BCUT2D eigenvalue weighted by Gasteiger charge is -2.28. The fraction of sp³-hybridized carbons (Fsp3) is 0.600. The summed E-state index contributed by atoms with van der Waals surface area (Å²) in [5.74, 6) is 0. The smallest absolute Gasteiger partial charge is 0.255 e. The lowest BCUT2D eigenvalue weighted by molar-refractivity contribution is 0.152. The first-order valence-corrected chi connectivity index (χ1v) is 7.06. The van der Waals surface area contributed by atoms with E-state index in [1.54, 1.807) is 4.90 Å². The van der Waals surface area contributed by atoms with E-state index in [9.17, 15) is 8.78 Å². The lowest BCUT2D eigenvalue weighted by atomic mass is 10.0. The SMILES string of the molecule is CCCNC(C)c1ccccc1N(CCO)CC(F)F. The number of rotatable bonds is 9. The van der Waals surface area contributed by atoms with Crippen LogP contribution in [0.1, 0.15) is 31.9 Å². The fourth-order valence-corrected chi connectivity index (χ4v) is 2.21. The molecule has 0 fully saturated rings. The summed E-state index contributed by atoms with van der Waals surface area (Å²) < 4.78 is 25.4. The molecule has 0 amide bonds. The molecule has 1 rings (SSSR count). The van der Waals surface area contributed by atoms with Crippen LogP contribution in [0.15, 0.2) is 24.3 Å². The Bertz CT molecular complexity index is 388. The van der Waals surface area contributed by atoms with Crippen molar-refractivity contribution in [3.05, 3.63) is 29.8 Å². The standard InChI is InChI=1S/C15H24F2N2O/c1-3-8-18-12(2)13-6-4-5-7-14(13)19(9-10-20)11-15(16)17/h4-7,12,15,18,20H,3,8-11H2,1-2H3. The maximum absolute atomic E-state index is 12.7. The van der Waals surface area contributed by atoms with E-state index >= 15 is 0 Å². The van der Waals surface area contributed by atoms with Gasteiger partial charge in [-0.05, 0) is 31.5 Å². The van der Waals surface area contributed by atoms with Gasteiger partial charge in [0.1, 0.15) is 0 Å². The minimum Gasteiger partial charge on any atom is -0.395 e. The largest absolute Gasteiger partial charge is 0.395 e. The monoisotopic (exact) mass is 286 g/mol. The number of nitrogens with one attached hydrogen (secondary N) is 1. The maximum atomic E-state index is 12.7. The molecule has 0 aromatic heterocycles. The maximum Gasteiger partial charge on any atom is 0.255 e. The normalized spacial score (nSPS) is 12.7. The van der Waals surface area contributed by atoms with Crippen LogP contribution in [0.5, 0.6) is 0 Å². The zero-order valence-corrected chi connectivity index (χ0v) is 12.1. The topological polar surface area (TPSA) is 35.5 Å². The van der Waals surface area contributed by atoms with Crippen LogP contribution in [-0.4, -0.2) is 37.8 Å². The summed E-state index contributed by atoms with van der Waals surface area (Å²) in [7, 11) is 0. The predicted molar refractivity (Wildman–Crippen MR) is 78.5 cm³/mol. The van der Waals surface area contributed by atoms with E-state index in [2.05, 4.69) is 12.2 Å². The summed E-state index contributed by atoms with van der Waals surface area (Å²) in [6.07, 6.45) is -1.40. The Kier molecular flexibility index (Phi) is 7.47. The van der Waals surface area contributed by atoms with Crippen molar-refractivity contribution in [2.24, 2.45) is 0 Å². The van der Waals surface area contributed by atoms with E-state index in [0.29, 0.717) is 0 Å². The number of anilines is 1. The summed E-state index contributed by atoms with van der Waals surface area (Å²) in [6, 6.07) is 7.60. The minimum absolute atomic E-state index is 0.0880. The fourth-order valence-electron chi connectivity index (χ4n) is 2.21. The molecule has 5 heteroatoms. The van der Waals surface area contributed by atoms with Crippen molar-refractivity contribution in [3.8, 4) is 0 Å². The Hall–Kier alpha value is -1.20. The van der Waals surface area contributed by atoms with Gasteiger partial charge in [-0.3, -0.25) is 0 Å². The number of hydrogen-bond donors (Lipinski definition) is 2. The number of hydrogen-bond acceptors (Lipinski definition) is 3. The third-order valence-electron chi connectivity index (χ3n) is 3.17. The summed E-state index contributed by atoms with van der Waals surface area (Å²) in [5, 5.41) is 12.4. The highest BCUT2D eigenvalue weighted by Gasteiger charge is 2.17. The third-order valence-corrected chi connectivity index (χ3v) is 3.17. The number of nitrogens with zero attached hydrogens (tertiary/aromatic N) is 1. The predicted octanol–water partition coefficient (Wildman–Crippen LogP) is 2.81. The first-order valence-electron chi connectivity index (χ1n) is 7.06. The van der Waals surface area contributed by atoms with Crippen molar-refractivity contribution in [1.82, 2.24) is 5.32 Å². The molecular weight excluding hydrogens is 262 g/mol. The number of aliphatic hydroxyl groups is 1. The highest BCUT2D eigenvalue weighted by molar-refractivity contribution is 5.55. The van der Waals surface area contributed by atoms with Gasteiger partial charge >= 0.3 is 0 Å². The van der Waals surface area contributed by atoms with E-state index in [0.717, 1.165) is 24.2 Å². The van der Waals surface area contributed by atoms with Gasteiger partial charge in [0.2, 0.25) is 0 Å². The van der Waals surface area contributed by atoms with Gasteiger partial charge in [0, 0.05) is 18.3 Å². The van der Waals surface area contributed by atoms with Gasteiger partial charge in [-0.2, -0.15) is 0 Å². The highest BCUT2D eigenvalue weighted by atomic mass is 19.3. The Morgan fingerprint density at radius 2 is 2.00 bits per heavy atom. The average Bonchev–Trinajstić information content (AvgIpc) is 2.44. The molecular formula is C15H24F2N2O. The number of alkyl halides is 2. The Balaban J connectivity index is 2.95. The van der Waals surface area contributed by atoms with E-state index in [1.807, 2.05) is 31.2 Å². The molecule has 1 atom stereocenters. The first-order chi connectivity index (χ1) is 9.60. The van der Waals surface area contributed by atoms with Crippen LogP contribution >= 0.6 is 0 Å². The molecule has 0 radical (unpaired) electrons. The summed E-state index contributed by atoms with van der Waals surface area (Å²) in [5.41, 5.74) is 1.74. The van der Waals surface area contributed by atoms with Crippen molar-refractivity contribution in [3.63, 3.8) is 0 Å². The van der Waals surface area contributed by atoms with E-state index in [4.69, 9.17) is 5.11 Å². The average molecular weight is 286 g/mol. The zero-order valence-electron chi connectivity index (χ0n) is 12.1. The lowest BCUT2D eigenvalue weighted by Crippen LogP contribution is -2.33. The second-order valence-corrected chi connectivity index (χ2v) is 4.80. The zero-order chi connectivity index (χ0) is 15.0.